The van der Waals surface area contributed by atoms with Crippen molar-refractivity contribution in [2.24, 2.45) is 0 Å². The van der Waals surface area contributed by atoms with Crippen LogP contribution >= 0.6 is 0 Å². The van der Waals surface area contributed by atoms with Crippen molar-refractivity contribution in [3.63, 3.8) is 0 Å². The Morgan fingerprint density at radius 3 is 2.62 bits per heavy atom. The molecular formula is C25H20N4O3. The van der Waals surface area contributed by atoms with E-state index in [1.54, 1.807) is 60.3 Å². The molecule has 7 nitrogen and oxygen atoms in total. The van der Waals surface area contributed by atoms with Gasteiger partial charge in [-0.1, -0.05) is 42.5 Å². The van der Waals surface area contributed by atoms with E-state index in [0.717, 1.165) is 5.56 Å². The van der Waals surface area contributed by atoms with Gasteiger partial charge in [-0.2, -0.15) is 0 Å². The van der Waals surface area contributed by atoms with Crippen molar-refractivity contribution in [3.05, 3.63) is 107 Å². The molecule has 1 amide bonds. The first-order valence-corrected chi connectivity index (χ1v) is 10.1. The number of anilines is 1. The van der Waals surface area contributed by atoms with E-state index in [4.69, 9.17) is 9.72 Å². The summed E-state index contributed by atoms with van der Waals surface area (Å²) >= 11 is 0. The van der Waals surface area contributed by atoms with E-state index < -0.39 is 0 Å². The van der Waals surface area contributed by atoms with Gasteiger partial charge in [0.25, 0.3) is 11.5 Å². The number of ether oxygens (including phenoxy) is 1. The van der Waals surface area contributed by atoms with Gasteiger partial charge in [0.1, 0.15) is 22.7 Å². The summed E-state index contributed by atoms with van der Waals surface area (Å²) in [5.41, 5.74) is 2.73. The van der Waals surface area contributed by atoms with Crippen molar-refractivity contribution in [3.8, 4) is 5.75 Å². The number of nitrogens with one attached hydrogen (secondary N) is 1. The van der Waals surface area contributed by atoms with Gasteiger partial charge in [-0.3, -0.25) is 14.0 Å². The van der Waals surface area contributed by atoms with Crippen molar-refractivity contribution in [1.29, 1.82) is 0 Å². The second-order valence-electron chi connectivity index (χ2n) is 7.37. The number of amides is 1. The lowest BCUT2D eigenvalue weighted by atomic mass is 10.2. The number of pyridine rings is 1. The van der Waals surface area contributed by atoms with E-state index in [2.05, 4.69) is 5.32 Å². The smallest absolute Gasteiger partial charge is 0.272 e. The minimum Gasteiger partial charge on any atom is -0.497 e. The number of benzene rings is 2. The Kier molecular flexibility index (Phi) is 4.91. The third-order valence-electron chi connectivity index (χ3n) is 5.32. The molecule has 0 saturated heterocycles. The maximum atomic E-state index is 13.3. The molecule has 1 N–H and O–H groups in total. The first-order chi connectivity index (χ1) is 15.6. The molecule has 0 spiro atoms. The lowest BCUT2D eigenvalue weighted by Crippen LogP contribution is -2.18. The van der Waals surface area contributed by atoms with Crippen LogP contribution in [-0.4, -0.2) is 27.0 Å². The highest BCUT2D eigenvalue weighted by molar-refractivity contribution is 6.06. The fourth-order valence-electron chi connectivity index (χ4n) is 3.76. The molecule has 0 aliphatic heterocycles. The number of fused-ring (bicyclic) bond motifs is 2. The van der Waals surface area contributed by atoms with E-state index in [-0.39, 0.29) is 11.5 Å². The summed E-state index contributed by atoms with van der Waals surface area (Å²) in [6.45, 7) is 0.403. The van der Waals surface area contributed by atoms with Crippen molar-refractivity contribution in [2.75, 3.05) is 12.4 Å². The average Bonchev–Trinajstić information content (AvgIpc) is 3.18. The molecule has 5 aromatic rings. The van der Waals surface area contributed by atoms with Crippen LogP contribution in [0.5, 0.6) is 5.75 Å². The zero-order valence-electron chi connectivity index (χ0n) is 17.4. The van der Waals surface area contributed by atoms with Crippen LogP contribution in [0.15, 0.2) is 89.9 Å². The number of aromatic nitrogens is 3. The summed E-state index contributed by atoms with van der Waals surface area (Å²) in [5.74, 6) is 0.305. The third-order valence-corrected chi connectivity index (χ3v) is 5.32. The minimum absolute atomic E-state index is 0.215. The van der Waals surface area contributed by atoms with Gasteiger partial charge in [-0.15, -0.1) is 0 Å². The molecule has 0 unspecified atom stereocenters. The molecule has 3 aromatic heterocycles. The maximum Gasteiger partial charge on any atom is 0.272 e. The summed E-state index contributed by atoms with van der Waals surface area (Å²) in [6.07, 6.45) is 1.68. The zero-order chi connectivity index (χ0) is 22.1. The lowest BCUT2D eigenvalue weighted by molar-refractivity contribution is 0.101. The summed E-state index contributed by atoms with van der Waals surface area (Å²) in [4.78, 5) is 31.1. The average molecular weight is 424 g/mol. The van der Waals surface area contributed by atoms with Gasteiger partial charge in [0.2, 0.25) is 0 Å². The number of methoxy groups -OCH3 is 1. The predicted molar refractivity (Wildman–Crippen MR) is 123 cm³/mol. The molecule has 0 bridgehead atoms. The first-order valence-electron chi connectivity index (χ1n) is 10.1. The van der Waals surface area contributed by atoms with Gasteiger partial charge in [-0.25, -0.2) is 4.98 Å². The molecule has 7 heteroatoms. The standard InChI is InChI=1S/C25H20N4O3/c1-32-19-11-7-10-18(14-19)26-24(30)21-15-20-23(29(21)16-17-8-3-2-4-9-17)27-22-12-5-6-13-28(22)25(20)31/h2-15H,16H2,1H3,(H,26,30). The Morgan fingerprint density at radius 1 is 1.00 bits per heavy atom. The van der Waals surface area contributed by atoms with Gasteiger partial charge >= 0.3 is 0 Å². The molecule has 0 fully saturated rings. The minimum atomic E-state index is -0.333. The second kappa shape index (κ2) is 8.03. The van der Waals surface area contributed by atoms with E-state index in [0.29, 0.717) is 40.4 Å². The van der Waals surface area contributed by atoms with Gasteiger partial charge in [0.05, 0.1) is 12.5 Å². The summed E-state index contributed by atoms with van der Waals surface area (Å²) < 4.78 is 8.51. The fraction of sp³-hybridized carbons (Fsp3) is 0.0800. The summed E-state index contributed by atoms with van der Waals surface area (Å²) in [7, 11) is 1.57. The molecule has 3 heterocycles. The molecule has 32 heavy (non-hydrogen) atoms. The van der Waals surface area contributed by atoms with E-state index in [1.165, 1.54) is 4.40 Å². The molecule has 0 atom stereocenters. The first kappa shape index (κ1) is 19.6. The van der Waals surface area contributed by atoms with Gasteiger partial charge in [0, 0.05) is 24.5 Å². The molecule has 5 rings (SSSR count). The van der Waals surface area contributed by atoms with Crippen LogP contribution in [0.1, 0.15) is 16.1 Å². The normalized spacial score (nSPS) is 11.0. The van der Waals surface area contributed by atoms with Crippen LogP contribution in [0, 0.1) is 0 Å². The molecule has 0 radical (unpaired) electrons. The van der Waals surface area contributed by atoms with Crippen LogP contribution in [-0.2, 0) is 6.54 Å². The SMILES string of the molecule is COc1cccc(NC(=O)c2cc3c(=O)n4ccccc4nc3n2Cc2ccccc2)c1. The number of carbonyl (C=O) groups is 1. The summed E-state index contributed by atoms with van der Waals surface area (Å²) in [5, 5.41) is 3.29. The fourth-order valence-corrected chi connectivity index (χ4v) is 3.76. The van der Waals surface area contributed by atoms with E-state index >= 15 is 0 Å². The van der Waals surface area contributed by atoms with Crippen molar-refractivity contribution >= 4 is 28.3 Å². The van der Waals surface area contributed by atoms with E-state index in [9.17, 15) is 9.59 Å². The van der Waals surface area contributed by atoms with E-state index in [1.807, 2.05) is 36.4 Å². The summed E-state index contributed by atoms with van der Waals surface area (Å²) in [6, 6.07) is 23.9. The van der Waals surface area contributed by atoms with Gasteiger partial charge in [-0.05, 0) is 35.9 Å². The largest absolute Gasteiger partial charge is 0.497 e. The molecular weight excluding hydrogens is 404 g/mol. The van der Waals surface area contributed by atoms with Crippen LogP contribution in [0.25, 0.3) is 16.7 Å². The Labute approximate surface area is 183 Å². The number of hydrogen-bond donors (Lipinski definition) is 1. The molecule has 0 aliphatic carbocycles. The second-order valence-corrected chi connectivity index (χ2v) is 7.37. The van der Waals surface area contributed by atoms with Crippen molar-refractivity contribution < 1.29 is 9.53 Å². The van der Waals surface area contributed by atoms with Crippen molar-refractivity contribution in [2.45, 2.75) is 6.54 Å². The number of hydrogen-bond acceptors (Lipinski definition) is 4. The number of carbonyl (C=O) groups excluding carboxylic acids is 1. The van der Waals surface area contributed by atoms with Crippen LogP contribution in [0.4, 0.5) is 5.69 Å². The van der Waals surface area contributed by atoms with Crippen molar-refractivity contribution in [1.82, 2.24) is 14.0 Å². The van der Waals surface area contributed by atoms with Gasteiger partial charge < -0.3 is 14.6 Å². The molecule has 0 aliphatic rings. The number of nitrogens with zero attached hydrogens (tertiary/aromatic N) is 3. The molecule has 2 aromatic carbocycles. The lowest BCUT2D eigenvalue weighted by Gasteiger charge is -2.12. The topological polar surface area (TPSA) is 77.6 Å². The zero-order valence-corrected chi connectivity index (χ0v) is 17.4. The molecule has 158 valence electrons. The van der Waals surface area contributed by atoms with Gasteiger partial charge in [0.15, 0.2) is 0 Å². The Bertz CT molecular complexity index is 1500. The third kappa shape index (κ3) is 3.50. The molecule has 0 saturated carbocycles. The Morgan fingerprint density at radius 2 is 1.81 bits per heavy atom. The highest BCUT2D eigenvalue weighted by atomic mass is 16.5. The van der Waals surface area contributed by atoms with Crippen LogP contribution in [0.2, 0.25) is 0 Å². The Balaban J connectivity index is 1.66. The highest BCUT2D eigenvalue weighted by Crippen LogP contribution is 2.22. The number of rotatable bonds is 5. The monoisotopic (exact) mass is 424 g/mol. The van der Waals surface area contributed by atoms with Crippen LogP contribution in [0.3, 0.4) is 0 Å². The Hall–Kier alpha value is -4.39. The van der Waals surface area contributed by atoms with Crippen LogP contribution < -0.4 is 15.6 Å². The highest BCUT2D eigenvalue weighted by Gasteiger charge is 2.20. The maximum absolute atomic E-state index is 13.3. The predicted octanol–water partition coefficient (Wildman–Crippen LogP) is 3.96. The quantitative estimate of drug-likeness (QED) is 0.463.